The Hall–Kier alpha value is -2.92. The first-order valence-corrected chi connectivity index (χ1v) is 8.93. The van der Waals surface area contributed by atoms with Crippen LogP contribution in [0.4, 0.5) is 11.8 Å². The Morgan fingerprint density at radius 1 is 0.769 bits per heavy atom. The van der Waals surface area contributed by atoms with Crippen LogP contribution in [0.1, 0.15) is 0 Å². The highest BCUT2D eigenvalue weighted by Crippen LogP contribution is 2.26. The average Bonchev–Trinajstić information content (AvgIpc) is 2.69. The largest absolute Gasteiger partial charge is 0.368 e. The van der Waals surface area contributed by atoms with Gasteiger partial charge in [-0.25, -0.2) is 4.98 Å². The SMILES string of the molecule is CN1CCN(c2cc(-c3ccc(-c4ccccc4)cc3)nc(N)n2)CC1. The highest BCUT2D eigenvalue weighted by atomic mass is 15.3. The molecule has 0 spiro atoms. The molecular formula is C21H23N5. The zero-order valence-electron chi connectivity index (χ0n) is 15.0. The summed E-state index contributed by atoms with van der Waals surface area (Å²) in [4.78, 5) is 13.5. The Morgan fingerprint density at radius 2 is 1.38 bits per heavy atom. The predicted octanol–water partition coefficient (Wildman–Crippen LogP) is 3.14. The molecule has 26 heavy (non-hydrogen) atoms. The number of likely N-dealkylation sites (N-methyl/N-ethyl adjacent to an activating group) is 1. The maximum absolute atomic E-state index is 5.99. The van der Waals surface area contributed by atoms with E-state index in [1.165, 1.54) is 11.1 Å². The number of rotatable bonds is 3. The van der Waals surface area contributed by atoms with Crippen LogP contribution in [0, 0.1) is 0 Å². The molecule has 0 unspecified atom stereocenters. The monoisotopic (exact) mass is 345 g/mol. The van der Waals surface area contributed by atoms with Gasteiger partial charge >= 0.3 is 0 Å². The van der Waals surface area contributed by atoms with E-state index in [1.54, 1.807) is 0 Å². The van der Waals surface area contributed by atoms with Crippen LogP contribution in [-0.2, 0) is 0 Å². The van der Waals surface area contributed by atoms with Crippen LogP contribution in [0.2, 0.25) is 0 Å². The van der Waals surface area contributed by atoms with E-state index in [0.29, 0.717) is 5.95 Å². The van der Waals surface area contributed by atoms with Gasteiger partial charge < -0.3 is 15.5 Å². The van der Waals surface area contributed by atoms with Crippen molar-refractivity contribution in [2.24, 2.45) is 0 Å². The molecule has 2 N–H and O–H groups in total. The minimum Gasteiger partial charge on any atom is -0.368 e. The van der Waals surface area contributed by atoms with Gasteiger partial charge in [-0.15, -0.1) is 0 Å². The summed E-state index contributed by atoms with van der Waals surface area (Å²) in [5.74, 6) is 1.23. The third-order valence-corrected chi connectivity index (χ3v) is 4.84. The third kappa shape index (κ3) is 3.53. The molecule has 5 heteroatoms. The van der Waals surface area contributed by atoms with Gasteiger partial charge in [-0.05, 0) is 18.2 Å². The molecule has 0 bridgehead atoms. The average molecular weight is 345 g/mol. The summed E-state index contributed by atoms with van der Waals surface area (Å²) in [5.41, 5.74) is 10.3. The molecule has 3 aromatic rings. The lowest BCUT2D eigenvalue weighted by Gasteiger charge is -2.33. The van der Waals surface area contributed by atoms with E-state index < -0.39 is 0 Å². The van der Waals surface area contributed by atoms with Crippen molar-refractivity contribution in [3.05, 3.63) is 60.7 Å². The Bertz CT molecular complexity index is 869. The fraction of sp³-hybridized carbons (Fsp3) is 0.238. The highest BCUT2D eigenvalue weighted by Gasteiger charge is 2.17. The number of nitrogen functional groups attached to an aromatic ring is 1. The second kappa shape index (κ2) is 7.14. The van der Waals surface area contributed by atoms with Crippen LogP contribution in [-0.4, -0.2) is 48.1 Å². The number of hydrogen-bond acceptors (Lipinski definition) is 5. The van der Waals surface area contributed by atoms with Gasteiger partial charge in [-0.1, -0.05) is 54.6 Å². The molecule has 1 saturated heterocycles. The van der Waals surface area contributed by atoms with Crippen LogP contribution in [0.15, 0.2) is 60.7 Å². The maximum Gasteiger partial charge on any atom is 0.222 e. The van der Waals surface area contributed by atoms with Crippen molar-refractivity contribution in [1.82, 2.24) is 14.9 Å². The summed E-state index contributed by atoms with van der Waals surface area (Å²) in [5, 5.41) is 0. The summed E-state index contributed by atoms with van der Waals surface area (Å²) >= 11 is 0. The smallest absolute Gasteiger partial charge is 0.222 e. The van der Waals surface area contributed by atoms with E-state index in [9.17, 15) is 0 Å². The summed E-state index contributed by atoms with van der Waals surface area (Å²) in [7, 11) is 2.14. The maximum atomic E-state index is 5.99. The summed E-state index contributed by atoms with van der Waals surface area (Å²) in [6, 6.07) is 20.8. The molecular weight excluding hydrogens is 322 g/mol. The molecule has 0 saturated carbocycles. The lowest BCUT2D eigenvalue weighted by molar-refractivity contribution is 0.312. The molecule has 5 nitrogen and oxygen atoms in total. The van der Waals surface area contributed by atoms with Gasteiger partial charge in [0.2, 0.25) is 5.95 Å². The van der Waals surface area contributed by atoms with Crippen molar-refractivity contribution in [2.75, 3.05) is 43.9 Å². The zero-order chi connectivity index (χ0) is 17.9. The van der Waals surface area contributed by atoms with E-state index >= 15 is 0 Å². The Kier molecular flexibility index (Phi) is 4.54. The lowest BCUT2D eigenvalue weighted by Crippen LogP contribution is -2.44. The zero-order valence-corrected chi connectivity index (χ0v) is 15.0. The van der Waals surface area contributed by atoms with E-state index in [0.717, 1.165) is 43.3 Å². The van der Waals surface area contributed by atoms with Crippen molar-refractivity contribution in [1.29, 1.82) is 0 Å². The number of hydrogen-bond donors (Lipinski definition) is 1. The summed E-state index contributed by atoms with van der Waals surface area (Å²) in [6.45, 7) is 3.98. The molecule has 4 rings (SSSR count). The first-order valence-electron chi connectivity index (χ1n) is 8.93. The molecule has 0 amide bonds. The van der Waals surface area contributed by atoms with Gasteiger partial charge in [0.25, 0.3) is 0 Å². The van der Waals surface area contributed by atoms with Gasteiger partial charge in [-0.3, -0.25) is 0 Å². The molecule has 2 heterocycles. The molecule has 132 valence electrons. The van der Waals surface area contributed by atoms with Gasteiger partial charge in [-0.2, -0.15) is 4.98 Å². The van der Waals surface area contributed by atoms with Gasteiger partial charge in [0.1, 0.15) is 5.82 Å². The van der Waals surface area contributed by atoms with Gasteiger partial charge in [0.05, 0.1) is 5.69 Å². The van der Waals surface area contributed by atoms with Gasteiger partial charge in [0, 0.05) is 37.8 Å². The van der Waals surface area contributed by atoms with Gasteiger partial charge in [0.15, 0.2) is 0 Å². The quantitative estimate of drug-likeness (QED) is 0.790. The van der Waals surface area contributed by atoms with Crippen LogP contribution in [0.5, 0.6) is 0 Å². The number of piperazine rings is 1. The first kappa shape index (κ1) is 16.5. The number of nitrogens with zero attached hydrogens (tertiary/aromatic N) is 4. The molecule has 1 aromatic heterocycles. The van der Waals surface area contributed by atoms with E-state index in [2.05, 4.69) is 75.3 Å². The van der Waals surface area contributed by atoms with Crippen molar-refractivity contribution in [2.45, 2.75) is 0 Å². The van der Waals surface area contributed by atoms with Crippen LogP contribution >= 0.6 is 0 Å². The molecule has 0 aliphatic carbocycles. The molecule has 1 fully saturated rings. The van der Waals surface area contributed by atoms with Crippen molar-refractivity contribution in [3.63, 3.8) is 0 Å². The van der Waals surface area contributed by atoms with E-state index in [-0.39, 0.29) is 0 Å². The van der Waals surface area contributed by atoms with E-state index in [1.807, 2.05) is 12.1 Å². The minimum absolute atomic E-state index is 0.323. The third-order valence-electron chi connectivity index (χ3n) is 4.84. The number of aromatic nitrogens is 2. The lowest BCUT2D eigenvalue weighted by atomic mass is 10.0. The second-order valence-electron chi connectivity index (χ2n) is 6.70. The normalized spacial score (nSPS) is 15.2. The summed E-state index contributed by atoms with van der Waals surface area (Å²) < 4.78 is 0. The Morgan fingerprint density at radius 3 is 2.08 bits per heavy atom. The second-order valence-corrected chi connectivity index (χ2v) is 6.70. The number of nitrogens with two attached hydrogens (primary N) is 1. The first-order chi connectivity index (χ1) is 12.7. The number of benzene rings is 2. The van der Waals surface area contributed by atoms with Crippen LogP contribution in [0.3, 0.4) is 0 Å². The highest BCUT2D eigenvalue weighted by molar-refractivity contribution is 5.70. The van der Waals surface area contributed by atoms with Crippen LogP contribution in [0.25, 0.3) is 22.4 Å². The minimum atomic E-state index is 0.323. The molecule has 2 aromatic carbocycles. The molecule has 0 radical (unpaired) electrons. The van der Waals surface area contributed by atoms with Crippen LogP contribution < -0.4 is 10.6 Å². The fourth-order valence-electron chi connectivity index (χ4n) is 3.26. The summed E-state index contributed by atoms with van der Waals surface area (Å²) in [6.07, 6.45) is 0. The topological polar surface area (TPSA) is 58.3 Å². The number of anilines is 2. The Balaban J connectivity index is 1.61. The standard InChI is InChI=1S/C21H23N5/c1-25-11-13-26(14-12-25)20-15-19(23-21(22)24-20)18-9-7-17(8-10-18)16-5-3-2-4-6-16/h2-10,15H,11-14H2,1H3,(H2,22,23,24). The Labute approximate surface area is 154 Å². The van der Waals surface area contributed by atoms with Crippen molar-refractivity contribution >= 4 is 11.8 Å². The predicted molar refractivity (Wildman–Crippen MR) is 107 cm³/mol. The fourth-order valence-corrected chi connectivity index (χ4v) is 3.26. The molecule has 1 aliphatic rings. The van der Waals surface area contributed by atoms with Crippen molar-refractivity contribution < 1.29 is 0 Å². The van der Waals surface area contributed by atoms with Crippen molar-refractivity contribution in [3.8, 4) is 22.4 Å². The molecule has 0 atom stereocenters. The van der Waals surface area contributed by atoms with E-state index in [4.69, 9.17) is 5.73 Å². The molecule has 1 aliphatic heterocycles.